The van der Waals surface area contributed by atoms with Crippen molar-refractivity contribution in [3.05, 3.63) is 11.1 Å². The third-order valence-electron chi connectivity index (χ3n) is 6.91. The van der Waals surface area contributed by atoms with Crippen molar-refractivity contribution in [2.24, 2.45) is 11.8 Å². The van der Waals surface area contributed by atoms with Gasteiger partial charge in [-0.1, -0.05) is 5.57 Å². The quantitative estimate of drug-likeness (QED) is 0.668. The first kappa shape index (κ1) is 19.8. The number of nitrogens with one attached hydrogen (secondary N) is 3. The molecule has 0 aromatic rings. The van der Waals surface area contributed by atoms with Gasteiger partial charge in [-0.15, -0.1) is 0 Å². The van der Waals surface area contributed by atoms with Gasteiger partial charge < -0.3 is 20.7 Å². The predicted molar refractivity (Wildman–Crippen MR) is 99.0 cm³/mol. The summed E-state index contributed by atoms with van der Waals surface area (Å²) in [5.41, 5.74) is 1.44. The number of piperidine rings is 1. The van der Waals surface area contributed by atoms with Crippen molar-refractivity contribution in [1.82, 2.24) is 16.0 Å². The SMILES string of the molecule is CC1=C(CC(=O)N[C@H]2COC3CC(F)CC(F)C32)C(=O)NC2CCNC(C)C12. The van der Waals surface area contributed by atoms with E-state index in [1.165, 1.54) is 0 Å². The molecular weight excluding hydrogens is 368 g/mol. The number of alkyl halides is 2. The lowest BCUT2D eigenvalue weighted by molar-refractivity contribution is -0.125. The second-order valence-corrected chi connectivity index (χ2v) is 8.68. The Morgan fingerprint density at radius 3 is 2.89 bits per heavy atom. The summed E-state index contributed by atoms with van der Waals surface area (Å²) < 4.78 is 33.4. The molecule has 1 aliphatic carbocycles. The van der Waals surface area contributed by atoms with Crippen molar-refractivity contribution in [2.45, 2.75) is 76.1 Å². The normalized spacial score (nSPS) is 43.2. The first-order chi connectivity index (χ1) is 13.3. The summed E-state index contributed by atoms with van der Waals surface area (Å²) in [6.45, 7) is 5.07. The lowest BCUT2D eigenvalue weighted by Gasteiger charge is -2.42. The van der Waals surface area contributed by atoms with Crippen molar-refractivity contribution in [1.29, 1.82) is 0 Å². The summed E-state index contributed by atoms with van der Waals surface area (Å²) >= 11 is 0. The van der Waals surface area contributed by atoms with Gasteiger partial charge in [-0.05, 0) is 26.8 Å². The average molecular weight is 397 g/mol. The second kappa shape index (κ2) is 7.71. The van der Waals surface area contributed by atoms with Crippen LogP contribution in [0.4, 0.5) is 8.78 Å². The maximum atomic E-state index is 14.3. The molecule has 0 radical (unpaired) electrons. The molecule has 8 atom stereocenters. The van der Waals surface area contributed by atoms with E-state index in [2.05, 4.69) is 22.9 Å². The smallest absolute Gasteiger partial charge is 0.247 e. The average Bonchev–Trinajstić information content (AvgIpc) is 3.01. The van der Waals surface area contributed by atoms with Crippen LogP contribution in [0.2, 0.25) is 0 Å². The van der Waals surface area contributed by atoms with Gasteiger partial charge in [0.15, 0.2) is 0 Å². The Bertz CT molecular complexity index is 686. The van der Waals surface area contributed by atoms with Crippen LogP contribution in [0, 0.1) is 11.8 Å². The zero-order valence-corrected chi connectivity index (χ0v) is 16.3. The Kier molecular flexibility index (Phi) is 5.44. The second-order valence-electron chi connectivity index (χ2n) is 8.68. The molecule has 3 fully saturated rings. The highest BCUT2D eigenvalue weighted by Gasteiger charge is 2.48. The number of amides is 2. The molecule has 156 valence electrons. The van der Waals surface area contributed by atoms with Gasteiger partial charge in [0.2, 0.25) is 11.8 Å². The lowest BCUT2D eigenvalue weighted by atomic mass is 9.76. The van der Waals surface area contributed by atoms with Crippen LogP contribution >= 0.6 is 0 Å². The minimum atomic E-state index is -1.32. The number of carbonyl (C=O) groups is 2. The van der Waals surface area contributed by atoms with E-state index < -0.39 is 30.4 Å². The van der Waals surface area contributed by atoms with Crippen molar-refractivity contribution in [2.75, 3.05) is 13.2 Å². The minimum Gasteiger partial charge on any atom is -0.375 e. The number of carbonyl (C=O) groups excluding carboxylic acids is 2. The Labute approximate surface area is 163 Å². The molecule has 3 N–H and O–H groups in total. The molecule has 8 heteroatoms. The molecule has 7 unspecified atom stereocenters. The molecule has 0 bridgehead atoms. The number of fused-ring (bicyclic) bond motifs is 2. The first-order valence-electron chi connectivity index (χ1n) is 10.3. The molecule has 3 heterocycles. The maximum absolute atomic E-state index is 14.3. The maximum Gasteiger partial charge on any atom is 0.247 e. The molecular formula is C20H29F2N3O3. The summed E-state index contributed by atoms with van der Waals surface area (Å²) in [4.78, 5) is 25.2. The van der Waals surface area contributed by atoms with Gasteiger partial charge in [0, 0.05) is 42.3 Å². The fourth-order valence-electron chi connectivity index (χ4n) is 5.54. The van der Waals surface area contributed by atoms with Crippen molar-refractivity contribution in [3.8, 4) is 0 Å². The van der Waals surface area contributed by atoms with Crippen LogP contribution in [0.1, 0.15) is 39.5 Å². The Balaban J connectivity index is 1.43. The largest absolute Gasteiger partial charge is 0.375 e. The predicted octanol–water partition coefficient (Wildman–Crippen LogP) is 1.16. The van der Waals surface area contributed by atoms with Gasteiger partial charge in [0.05, 0.1) is 25.2 Å². The zero-order valence-electron chi connectivity index (χ0n) is 16.3. The summed E-state index contributed by atoms with van der Waals surface area (Å²) in [6.07, 6.45) is -2.13. The topological polar surface area (TPSA) is 79.5 Å². The monoisotopic (exact) mass is 397 g/mol. The molecule has 1 saturated carbocycles. The zero-order chi connectivity index (χ0) is 20.0. The van der Waals surface area contributed by atoms with Crippen LogP contribution in [0.15, 0.2) is 11.1 Å². The lowest BCUT2D eigenvalue weighted by Crippen LogP contribution is -2.57. The summed E-state index contributed by atoms with van der Waals surface area (Å²) in [7, 11) is 0. The molecule has 4 rings (SSSR count). The van der Waals surface area contributed by atoms with E-state index >= 15 is 0 Å². The van der Waals surface area contributed by atoms with E-state index in [1.54, 1.807) is 0 Å². The number of halogens is 2. The minimum absolute atomic E-state index is 0.0375. The Morgan fingerprint density at radius 2 is 2.11 bits per heavy atom. The number of ether oxygens (including phenoxy) is 1. The Hall–Kier alpha value is -1.54. The molecule has 28 heavy (non-hydrogen) atoms. The van der Waals surface area contributed by atoms with Gasteiger partial charge in [0.25, 0.3) is 0 Å². The van der Waals surface area contributed by atoms with E-state index in [4.69, 9.17) is 4.74 Å². The molecule has 3 aliphatic heterocycles. The molecule has 2 saturated heterocycles. The summed E-state index contributed by atoms with van der Waals surface area (Å²) in [6, 6.07) is -0.150. The van der Waals surface area contributed by atoms with E-state index in [-0.39, 0.29) is 55.7 Å². The first-order valence-corrected chi connectivity index (χ1v) is 10.3. The fraction of sp³-hybridized carbons (Fsp3) is 0.800. The highest BCUT2D eigenvalue weighted by Crippen LogP contribution is 2.38. The molecule has 0 spiro atoms. The van der Waals surface area contributed by atoms with Crippen LogP contribution in [-0.4, -0.2) is 61.5 Å². The van der Waals surface area contributed by atoms with Crippen LogP contribution in [0.25, 0.3) is 0 Å². The van der Waals surface area contributed by atoms with E-state index in [0.717, 1.165) is 18.5 Å². The van der Waals surface area contributed by atoms with Crippen LogP contribution in [0.5, 0.6) is 0 Å². The van der Waals surface area contributed by atoms with Gasteiger partial charge in [-0.2, -0.15) is 0 Å². The van der Waals surface area contributed by atoms with E-state index in [0.29, 0.717) is 5.57 Å². The van der Waals surface area contributed by atoms with Crippen LogP contribution in [-0.2, 0) is 14.3 Å². The van der Waals surface area contributed by atoms with Gasteiger partial charge >= 0.3 is 0 Å². The molecule has 6 nitrogen and oxygen atoms in total. The van der Waals surface area contributed by atoms with Crippen LogP contribution < -0.4 is 16.0 Å². The standard InChI is InChI=1S/C20H29F2N3O3/c1-9-12(20(27)25-14-3-4-23-10(2)18(9)14)7-17(26)24-15-8-28-16-6-11(21)5-13(22)19(15)16/h10-11,13-16,18-19,23H,3-8H2,1-2H3,(H,24,26)(H,25,27)/t10?,11?,13?,14?,15-,16?,18?,19?/m0/s1. The molecule has 0 aromatic carbocycles. The third-order valence-corrected chi connectivity index (χ3v) is 6.91. The van der Waals surface area contributed by atoms with Gasteiger partial charge in [0.1, 0.15) is 12.3 Å². The van der Waals surface area contributed by atoms with Gasteiger partial charge in [-0.25, -0.2) is 8.78 Å². The third kappa shape index (κ3) is 3.56. The highest BCUT2D eigenvalue weighted by molar-refractivity contribution is 6.00. The fourth-order valence-corrected chi connectivity index (χ4v) is 5.54. The number of hydrogen-bond donors (Lipinski definition) is 3. The Morgan fingerprint density at radius 1 is 1.32 bits per heavy atom. The van der Waals surface area contributed by atoms with Crippen molar-refractivity contribution >= 4 is 11.8 Å². The van der Waals surface area contributed by atoms with Gasteiger partial charge in [-0.3, -0.25) is 9.59 Å². The summed E-state index contributed by atoms with van der Waals surface area (Å²) in [5.74, 6) is -0.852. The molecule has 4 aliphatic rings. The van der Waals surface area contributed by atoms with E-state index in [1.807, 2.05) is 6.92 Å². The van der Waals surface area contributed by atoms with E-state index in [9.17, 15) is 18.4 Å². The number of hydrogen-bond acceptors (Lipinski definition) is 4. The molecule has 2 amide bonds. The summed E-state index contributed by atoms with van der Waals surface area (Å²) in [5, 5.41) is 9.30. The van der Waals surface area contributed by atoms with Crippen molar-refractivity contribution < 1.29 is 23.1 Å². The van der Waals surface area contributed by atoms with Crippen LogP contribution in [0.3, 0.4) is 0 Å². The van der Waals surface area contributed by atoms with Crippen molar-refractivity contribution in [3.63, 3.8) is 0 Å². The molecule has 0 aromatic heterocycles. The number of rotatable bonds is 3. The highest BCUT2D eigenvalue weighted by atomic mass is 19.1.